The fourth-order valence-electron chi connectivity index (χ4n) is 3.42. The summed E-state index contributed by atoms with van der Waals surface area (Å²) in [7, 11) is 0. The number of nitrogens with one attached hydrogen (secondary N) is 2. The smallest absolute Gasteiger partial charge is 0.322 e. The number of benzene rings is 1. The maximum Gasteiger partial charge on any atom is 0.322 e. The second-order valence-electron chi connectivity index (χ2n) is 7.44. The van der Waals surface area contributed by atoms with E-state index in [1.165, 1.54) is 12.1 Å². The van der Waals surface area contributed by atoms with E-state index in [2.05, 4.69) is 10.6 Å². The van der Waals surface area contributed by atoms with Crippen LogP contribution >= 0.6 is 0 Å². The molecule has 0 spiro atoms. The Hall–Kier alpha value is -3.67. The van der Waals surface area contributed by atoms with E-state index in [0.717, 1.165) is 4.90 Å². The Kier molecular flexibility index (Phi) is 8.53. The van der Waals surface area contributed by atoms with Gasteiger partial charge < -0.3 is 36.6 Å². The summed E-state index contributed by atoms with van der Waals surface area (Å²) < 4.78 is 0. The molecule has 0 radical (unpaired) electrons. The Morgan fingerprint density at radius 3 is 2.34 bits per heavy atom. The fourth-order valence-corrected chi connectivity index (χ4v) is 3.42. The van der Waals surface area contributed by atoms with E-state index < -0.39 is 60.8 Å². The quantitative estimate of drug-likeness (QED) is 0.243. The van der Waals surface area contributed by atoms with Gasteiger partial charge in [-0.05, 0) is 37.0 Å². The molecule has 3 amide bonds. The van der Waals surface area contributed by atoms with E-state index in [1.54, 1.807) is 12.1 Å². The van der Waals surface area contributed by atoms with E-state index in [-0.39, 0.29) is 25.1 Å². The lowest BCUT2D eigenvalue weighted by Crippen LogP contribution is -2.56. The molecule has 3 unspecified atom stereocenters. The monoisotopic (exact) mass is 450 g/mol. The highest BCUT2D eigenvalue weighted by molar-refractivity contribution is 5.95. The van der Waals surface area contributed by atoms with Crippen molar-refractivity contribution in [1.82, 2.24) is 15.5 Å². The number of likely N-dealkylation sites (tertiary alicyclic amines) is 1. The number of hydrogen-bond donors (Lipinski definition) is 6. The predicted molar refractivity (Wildman–Crippen MR) is 109 cm³/mol. The van der Waals surface area contributed by atoms with Crippen molar-refractivity contribution >= 4 is 29.7 Å². The molecule has 0 aromatic heterocycles. The van der Waals surface area contributed by atoms with Gasteiger partial charge in [0.25, 0.3) is 0 Å². The average molecular weight is 450 g/mol. The number of aliphatic carboxylic acids is 2. The Morgan fingerprint density at radius 1 is 1.09 bits per heavy atom. The molecule has 12 nitrogen and oxygen atoms in total. The first-order chi connectivity index (χ1) is 15.1. The van der Waals surface area contributed by atoms with Crippen molar-refractivity contribution in [3.05, 3.63) is 29.8 Å². The number of phenolic OH excluding ortho intramolecular Hbond substituents is 1. The van der Waals surface area contributed by atoms with Gasteiger partial charge in [0.15, 0.2) is 0 Å². The zero-order valence-corrected chi connectivity index (χ0v) is 17.2. The third-order valence-corrected chi connectivity index (χ3v) is 4.97. The number of nitrogens with two attached hydrogens (primary N) is 1. The van der Waals surface area contributed by atoms with Crippen molar-refractivity contribution in [1.29, 1.82) is 0 Å². The number of phenols is 1. The highest BCUT2D eigenvalue weighted by Gasteiger charge is 2.38. The molecule has 12 heteroatoms. The maximum atomic E-state index is 13.0. The standard InChI is InChI=1S/C20H26N4O8/c21-13(8-11-3-5-12(25)6-4-11)18(30)23-14(9-16(26)27)20(32)24-7-1-2-15(24)19(31)22-10-17(28)29/h3-6,13-15,25H,1-2,7-10,21H2,(H,22,31)(H,23,30)(H,26,27)(H,28,29). The third-order valence-electron chi connectivity index (χ3n) is 4.97. The lowest BCUT2D eigenvalue weighted by Gasteiger charge is -2.28. The van der Waals surface area contributed by atoms with E-state index in [9.17, 15) is 34.2 Å². The summed E-state index contributed by atoms with van der Waals surface area (Å²) in [6.07, 6.45) is 0.122. The summed E-state index contributed by atoms with van der Waals surface area (Å²) in [5, 5.41) is 31.8. The van der Waals surface area contributed by atoms with Gasteiger partial charge >= 0.3 is 11.9 Å². The minimum Gasteiger partial charge on any atom is -0.508 e. The zero-order chi connectivity index (χ0) is 23.8. The number of carboxylic acid groups (broad SMARTS) is 2. The van der Waals surface area contributed by atoms with E-state index in [0.29, 0.717) is 12.0 Å². The van der Waals surface area contributed by atoms with Gasteiger partial charge in [-0.25, -0.2) is 0 Å². The topological polar surface area (TPSA) is 199 Å². The summed E-state index contributed by atoms with van der Waals surface area (Å²) in [5.74, 6) is -4.70. The van der Waals surface area contributed by atoms with Crippen LogP contribution in [-0.2, 0) is 30.4 Å². The maximum absolute atomic E-state index is 13.0. The lowest BCUT2D eigenvalue weighted by atomic mass is 10.0. The van der Waals surface area contributed by atoms with Crippen LogP contribution in [0.15, 0.2) is 24.3 Å². The number of nitrogens with zero attached hydrogens (tertiary/aromatic N) is 1. The fraction of sp³-hybridized carbons (Fsp3) is 0.450. The molecule has 1 aliphatic rings. The molecule has 1 saturated heterocycles. The molecular formula is C20H26N4O8. The van der Waals surface area contributed by atoms with Crippen LogP contribution in [-0.4, -0.2) is 81.1 Å². The number of rotatable bonds is 10. The van der Waals surface area contributed by atoms with Crippen LogP contribution in [0.4, 0.5) is 0 Å². The molecule has 0 bridgehead atoms. The summed E-state index contributed by atoms with van der Waals surface area (Å²) in [6, 6.07) is 2.52. The number of hydrogen-bond acceptors (Lipinski definition) is 7. The molecule has 0 saturated carbocycles. The van der Waals surface area contributed by atoms with E-state index in [1.807, 2.05) is 0 Å². The van der Waals surface area contributed by atoms with Crippen molar-refractivity contribution in [2.45, 2.75) is 43.8 Å². The van der Waals surface area contributed by atoms with Crippen molar-refractivity contribution in [3.8, 4) is 5.75 Å². The summed E-state index contributed by atoms with van der Waals surface area (Å²) >= 11 is 0. The number of carbonyl (C=O) groups is 5. The van der Waals surface area contributed by atoms with Gasteiger partial charge in [-0.15, -0.1) is 0 Å². The third kappa shape index (κ3) is 6.94. The number of aromatic hydroxyl groups is 1. The minimum atomic E-state index is -1.45. The molecule has 1 aromatic carbocycles. The van der Waals surface area contributed by atoms with Crippen molar-refractivity contribution in [2.24, 2.45) is 5.73 Å². The molecule has 1 aromatic rings. The van der Waals surface area contributed by atoms with Crippen LogP contribution in [0.2, 0.25) is 0 Å². The lowest BCUT2D eigenvalue weighted by molar-refractivity contribution is -0.146. The van der Waals surface area contributed by atoms with Crippen LogP contribution in [0.25, 0.3) is 0 Å². The summed E-state index contributed by atoms with van der Waals surface area (Å²) in [5.41, 5.74) is 6.55. The molecule has 1 aliphatic heterocycles. The van der Waals surface area contributed by atoms with Gasteiger partial charge in [0, 0.05) is 6.54 Å². The number of carbonyl (C=O) groups excluding carboxylic acids is 3. The minimum absolute atomic E-state index is 0.0476. The van der Waals surface area contributed by atoms with Crippen LogP contribution < -0.4 is 16.4 Å². The molecule has 1 heterocycles. The molecule has 174 valence electrons. The molecule has 2 rings (SSSR count). The van der Waals surface area contributed by atoms with Crippen molar-refractivity contribution < 1.29 is 39.3 Å². The molecule has 32 heavy (non-hydrogen) atoms. The Labute approximate surface area is 183 Å². The second-order valence-corrected chi connectivity index (χ2v) is 7.44. The van der Waals surface area contributed by atoms with Crippen LogP contribution in [0.5, 0.6) is 5.75 Å². The second kappa shape index (κ2) is 11.1. The zero-order valence-electron chi connectivity index (χ0n) is 17.2. The number of amides is 3. The normalized spacial score (nSPS) is 17.3. The number of carboxylic acids is 2. The Bertz CT molecular complexity index is 873. The Morgan fingerprint density at radius 2 is 1.75 bits per heavy atom. The summed E-state index contributed by atoms with van der Waals surface area (Å²) in [4.78, 5) is 60.8. The highest BCUT2D eigenvalue weighted by atomic mass is 16.4. The molecule has 1 fully saturated rings. The van der Waals surface area contributed by atoms with Crippen molar-refractivity contribution in [3.63, 3.8) is 0 Å². The molecule has 0 aliphatic carbocycles. The highest BCUT2D eigenvalue weighted by Crippen LogP contribution is 2.19. The van der Waals surface area contributed by atoms with E-state index >= 15 is 0 Å². The largest absolute Gasteiger partial charge is 0.508 e. The van der Waals surface area contributed by atoms with Gasteiger partial charge in [0.2, 0.25) is 17.7 Å². The van der Waals surface area contributed by atoms with Crippen LogP contribution in [0.1, 0.15) is 24.8 Å². The van der Waals surface area contributed by atoms with Gasteiger partial charge in [0.05, 0.1) is 12.5 Å². The predicted octanol–water partition coefficient (Wildman–Crippen LogP) is -1.59. The van der Waals surface area contributed by atoms with Crippen LogP contribution in [0.3, 0.4) is 0 Å². The first-order valence-electron chi connectivity index (χ1n) is 9.94. The molecule has 7 N–H and O–H groups in total. The van der Waals surface area contributed by atoms with Gasteiger partial charge in [0.1, 0.15) is 24.4 Å². The van der Waals surface area contributed by atoms with Gasteiger partial charge in [-0.3, -0.25) is 24.0 Å². The van der Waals surface area contributed by atoms with E-state index in [4.69, 9.17) is 10.8 Å². The van der Waals surface area contributed by atoms with Crippen molar-refractivity contribution in [2.75, 3.05) is 13.1 Å². The van der Waals surface area contributed by atoms with Gasteiger partial charge in [-0.2, -0.15) is 0 Å². The van der Waals surface area contributed by atoms with Gasteiger partial charge in [-0.1, -0.05) is 12.1 Å². The van der Waals surface area contributed by atoms with Crippen LogP contribution in [0, 0.1) is 0 Å². The Balaban J connectivity index is 2.07. The molecular weight excluding hydrogens is 424 g/mol. The summed E-state index contributed by atoms with van der Waals surface area (Å²) in [6.45, 7) is -0.450. The molecule has 3 atom stereocenters. The first kappa shape index (κ1) is 24.6. The SMILES string of the molecule is NC(Cc1ccc(O)cc1)C(=O)NC(CC(=O)O)C(=O)N1CCCC1C(=O)NCC(=O)O. The average Bonchev–Trinajstić information content (AvgIpc) is 3.22. The first-order valence-corrected chi connectivity index (χ1v) is 9.94.